The van der Waals surface area contributed by atoms with Crippen LogP contribution in [0.3, 0.4) is 0 Å². The molecule has 1 aromatic carbocycles. The van der Waals surface area contributed by atoms with Crippen LogP contribution in [-0.2, 0) is 15.1 Å². The number of ether oxygens (including phenoxy) is 1. The quantitative estimate of drug-likeness (QED) is 0.662. The molecule has 0 fully saturated rings. The second-order valence-corrected chi connectivity index (χ2v) is 7.17. The number of nitrogens with zero attached hydrogens (tertiary/aromatic N) is 4. The second-order valence-electron chi connectivity index (χ2n) is 7.17. The van der Waals surface area contributed by atoms with Gasteiger partial charge in [0.05, 0.1) is 24.2 Å². The van der Waals surface area contributed by atoms with E-state index in [1.54, 1.807) is 38.6 Å². The first kappa shape index (κ1) is 18.8. The number of hydrogen-bond acceptors (Lipinski definition) is 5. The van der Waals surface area contributed by atoms with E-state index in [-0.39, 0.29) is 12.2 Å². The molecule has 3 rings (SSSR count). The van der Waals surface area contributed by atoms with Gasteiger partial charge in [0.25, 0.3) is 5.56 Å². The molecule has 0 N–H and O–H groups in total. The van der Waals surface area contributed by atoms with Crippen LogP contribution in [0.25, 0.3) is 16.6 Å². The highest BCUT2D eigenvalue weighted by atomic mass is 16.5. The predicted octanol–water partition coefficient (Wildman–Crippen LogP) is 2.81. The zero-order valence-electron chi connectivity index (χ0n) is 16.5. The second kappa shape index (κ2) is 6.64. The summed E-state index contributed by atoms with van der Waals surface area (Å²) in [6, 6.07) is 5.90. The van der Waals surface area contributed by atoms with Crippen LogP contribution in [-0.4, -0.2) is 32.1 Å². The Bertz CT molecular complexity index is 1090. The molecule has 0 aliphatic carbocycles. The fourth-order valence-electron chi connectivity index (χ4n) is 2.99. The molecule has 0 aliphatic rings. The van der Waals surface area contributed by atoms with Crippen molar-refractivity contribution < 1.29 is 9.53 Å². The van der Waals surface area contributed by atoms with Crippen LogP contribution in [0.1, 0.15) is 37.6 Å². The molecule has 142 valence electrons. The molecule has 0 radical (unpaired) electrons. The SMILES string of the molecule is CCOC(=O)C(C)(C)n1nc(C)c2cnn(-c3ccc(C)c(C)c3)c2c1=O. The summed E-state index contributed by atoms with van der Waals surface area (Å²) in [5.41, 5.74) is 2.45. The molecular formula is C20H24N4O3. The lowest BCUT2D eigenvalue weighted by molar-refractivity contribution is -0.152. The molecule has 2 aromatic heterocycles. The van der Waals surface area contributed by atoms with Crippen LogP contribution in [0.5, 0.6) is 0 Å². The minimum atomic E-state index is -1.23. The molecule has 7 heteroatoms. The molecule has 0 aliphatic heterocycles. The molecule has 0 bridgehead atoms. The number of esters is 1. The summed E-state index contributed by atoms with van der Waals surface area (Å²) < 4.78 is 7.94. The molecule has 27 heavy (non-hydrogen) atoms. The summed E-state index contributed by atoms with van der Waals surface area (Å²) in [5, 5.41) is 9.44. The summed E-state index contributed by atoms with van der Waals surface area (Å²) in [5.74, 6) is -0.504. The summed E-state index contributed by atoms with van der Waals surface area (Å²) in [6.45, 7) is 11.1. The van der Waals surface area contributed by atoms with Crippen LogP contribution >= 0.6 is 0 Å². The number of carbonyl (C=O) groups is 1. The van der Waals surface area contributed by atoms with Gasteiger partial charge in [-0.1, -0.05) is 6.07 Å². The van der Waals surface area contributed by atoms with Crippen LogP contribution in [0.4, 0.5) is 0 Å². The Morgan fingerprint density at radius 1 is 1.19 bits per heavy atom. The van der Waals surface area contributed by atoms with Crippen molar-refractivity contribution in [2.45, 2.75) is 47.1 Å². The number of aromatic nitrogens is 4. The third-order valence-electron chi connectivity index (χ3n) is 4.84. The number of hydrogen-bond donors (Lipinski definition) is 0. The van der Waals surface area contributed by atoms with E-state index in [1.165, 1.54) is 4.68 Å². The smallest absolute Gasteiger partial charge is 0.333 e. The molecule has 2 heterocycles. The third kappa shape index (κ3) is 3.03. The topological polar surface area (TPSA) is 79.0 Å². The van der Waals surface area contributed by atoms with Gasteiger partial charge < -0.3 is 4.74 Å². The summed E-state index contributed by atoms with van der Waals surface area (Å²) in [7, 11) is 0. The molecule has 0 unspecified atom stereocenters. The van der Waals surface area contributed by atoms with E-state index < -0.39 is 11.5 Å². The highest BCUT2D eigenvalue weighted by Crippen LogP contribution is 2.22. The lowest BCUT2D eigenvalue weighted by Crippen LogP contribution is -2.45. The van der Waals surface area contributed by atoms with Crippen molar-refractivity contribution in [3.8, 4) is 5.69 Å². The van der Waals surface area contributed by atoms with E-state index in [1.807, 2.05) is 32.0 Å². The van der Waals surface area contributed by atoms with Gasteiger partial charge in [0.1, 0.15) is 5.52 Å². The summed E-state index contributed by atoms with van der Waals surface area (Å²) in [4.78, 5) is 25.7. The first-order chi connectivity index (χ1) is 12.7. The largest absolute Gasteiger partial charge is 0.464 e. The van der Waals surface area contributed by atoms with Gasteiger partial charge in [-0.2, -0.15) is 10.2 Å². The molecule has 0 saturated carbocycles. The molecule has 3 aromatic rings. The first-order valence-electron chi connectivity index (χ1n) is 8.91. The standard InChI is InChI=1S/C20H24N4O3/c1-7-27-19(26)20(5,6)24-18(25)17-16(14(4)22-24)11-21-23(17)15-9-8-12(2)13(3)10-15/h8-11H,7H2,1-6H3. The van der Waals surface area contributed by atoms with Crippen molar-refractivity contribution in [2.75, 3.05) is 6.61 Å². The van der Waals surface area contributed by atoms with Gasteiger partial charge in [0.15, 0.2) is 5.54 Å². The van der Waals surface area contributed by atoms with Gasteiger partial charge >= 0.3 is 5.97 Å². The molecule has 0 spiro atoms. The number of aryl methyl sites for hydroxylation is 3. The number of fused-ring (bicyclic) bond motifs is 1. The highest BCUT2D eigenvalue weighted by molar-refractivity contribution is 5.83. The zero-order chi connectivity index (χ0) is 19.9. The Labute approximate surface area is 157 Å². The van der Waals surface area contributed by atoms with E-state index >= 15 is 0 Å². The minimum Gasteiger partial charge on any atom is -0.464 e. The van der Waals surface area contributed by atoms with E-state index in [0.29, 0.717) is 16.6 Å². The Balaban J connectivity index is 2.29. The van der Waals surface area contributed by atoms with Gasteiger partial charge in [0.2, 0.25) is 0 Å². The summed E-state index contributed by atoms with van der Waals surface area (Å²) >= 11 is 0. The zero-order valence-corrected chi connectivity index (χ0v) is 16.5. The highest BCUT2D eigenvalue weighted by Gasteiger charge is 2.35. The van der Waals surface area contributed by atoms with E-state index in [9.17, 15) is 9.59 Å². The van der Waals surface area contributed by atoms with Gasteiger partial charge in [-0.05, 0) is 64.8 Å². The molecule has 0 amide bonds. The van der Waals surface area contributed by atoms with Gasteiger partial charge in [-0.15, -0.1) is 0 Å². The van der Waals surface area contributed by atoms with Crippen molar-refractivity contribution in [1.82, 2.24) is 19.6 Å². The average molecular weight is 368 g/mol. The maximum Gasteiger partial charge on any atom is 0.333 e. The Kier molecular flexibility index (Phi) is 4.63. The lowest BCUT2D eigenvalue weighted by atomic mass is 10.1. The molecule has 0 atom stereocenters. The Morgan fingerprint density at radius 2 is 1.89 bits per heavy atom. The van der Waals surface area contributed by atoms with Crippen molar-refractivity contribution in [3.05, 3.63) is 51.6 Å². The Hall–Kier alpha value is -2.96. The lowest BCUT2D eigenvalue weighted by Gasteiger charge is -2.24. The van der Waals surface area contributed by atoms with Crippen LogP contribution in [0, 0.1) is 20.8 Å². The van der Waals surface area contributed by atoms with Crippen LogP contribution in [0.2, 0.25) is 0 Å². The monoisotopic (exact) mass is 368 g/mol. The fourth-order valence-corrected chi connectivity index (χ4v) is 2.99. The molecule has 0 saturated heterocycles. The third-order valence-corrected chi connectivity index (χ3v) is 4.84. The van der Waals surface area contributed by atoms with Crippen molar-refractivity contribution in [2.24, 2.45) is 0 Å². The van der Waals surface area contributed by atoms with Gasteiger partial charge in [0, 0.05) is 5.39 Å². The van der Waals surface area contributed by atoms with Gasteiger partial charge in [-0.3, -0.25) is 4.79 Å². The number of carbonyl (C=O) groups excluding carboxylic acids is 1. The van der Waals surface area contributed by atoms with Crippen molar-refractivity contribution in [3.63, 3.8) is 0 Å². The molecule has 7 nitrogen and oxygen atoms in total. The van der Waals surface area contributed by atoms with E-state index in [4.69, 9.17) is 4.74 Å². The van der Waals surface area contributed by atoms with E-state index in [2.05, 4.69) is 10.2 Å². The van der Waals surface area contributed by atoms with E-state index in [0.717, 1.165) is 16.8 Å². The summed E-state index contributed by atoms with van der Waals surface area (Å²) in [6.07, 6.45) is 1.63. The minimum absolute atomic E-state index is 0.235. The van der Waals surface area contributed by atoms with Crippen molar-refractivity contribution >= 4 is 16.9 Å². The predicted molar refractivity (Wildman–Crippen MR) is 103 cm³/mol. The Morgan fingerprint density at radius 3 is 2.52 bits per heavy atom. The maximum absolute atomic E-state index is 13.3. The average Bonchev–Trinajstić information content (AvgIpc) is 3.06. The maximum atomic E-state index is 13.3. The first-order valence-corrected chi connectivity index (χ1v) is 8.91. The van der Waals surface area contributed by atoms with Crippen molar-refractivity contribution in [1.29, 1.82) is 0 Å². The van der Waals surface area contributed by atoms with Gasteiger partial charge in [-0.25, -0.2) is 14.2 Å². The van der Waals surface area contributed by atoms with Crippen LogP contribution in [0.15, 0.2) is 29.2 Å². The number of rotatable bonds is 4. The van der Waals surface area contributed by atoms with Crippen LogP contribution < -0.4 is 5.56 Å². The normalized spacial score (nSPS) is 11.8. The fraction of sp³-hybridized carbons (Fsp3) is 0.400. The molecular weight excluding hydrogens is 344 g/mol. The number of benzene rings is 1.